The van der Waals surface area contributed by atoms with Crippen molar-refractivity contribution < 1.29 is 14.4 Å². The van der Waals surface area contributed by atoms with Crippen molar-refractivity contribution in [3.63, 3.8) is 0 Å². The summed E-state index contributed by atoms with van der Waals surface area (Å²) in [6.45, 7) is 3.44. The fourth-order valence-electron chi connectivity index (χ4n) is 2.92. The molecule has 4 rings (SSSR count). The van der Waals surface area contributed by atoms with Crippen LogP contribution in [0.4, 0.5) is 4.79 Å². The molecule has 1 aliphatic heterocycles. The maximum Gasteiger partial charge on any atom is 0.344 e. The van der Waals surface area contributed by atoms with E-state index in [4.69, 9.17) is 0 Å². The number of amides is 4. The molecule has 28 heavy (non-hydrogen) atoms. The summed E-state index contributed by atoms with van der Waals surface area (Å²) < 4.78 is 2.08. The topological polar surface area (TPSA) is 109 Å². The first-order valence-corrected chi connectivity index (χ1v) is 10.9. The molecule has 2 aromatic rings. The maximum atomic E-state index is 12.4. The Bertz CT molecular complexity index is 923. The molecular formula is C17H20N6O3S2. The number of hydrogen-bond donors (Lipinski definition) is 2. The lowest BCUT2D eigenvalue weighted by molar-refractivity contribution is -0.137. The Balaban J connectivity index is 1.42. The van der Waals surface area contributed by atoms with Gasteiger partial charge in [-0.25, -0.2) is 4.79 Å². The van der Waals surface area contributed by atoms with Crippen molar-refractivity contribution in [3.05, 3.63) is 17.5 Å². The molecule has 3 heterocycles. The summed E-state index contributed by atoms with van der Waals surface area (Å²) >= 11 is 2.84. The molecule has 2 aromatic heterocycles. The largest absolute Gasteiger partial charge is 0.344 e. The first-order chi connectivity index (χ1) is 13.4. The van der Waals surface area contributed by atoms with Crippen LogP contribution in [0.5, 0.6) is 0 Å². The van der Waals surface area contributed by atoms with Gasteiger partial charge in [-0.05, 0) is 37.6 Å². The maximum absolute atomic E-state index is 12.4. The van der Waals surface area contributed by atoms with Gasteiger partial charge in [0, 0.05) is 6.04 Å². The van der Waals surface area contributed by atoms with E-state index in [0.29, 0.717) is 17.6 Å². The number of aromatic nitrogens is 3. The Morgan fingerprint density at radius 2 is 2.21 bits per heavy atom. The van der Waals surface area contributed by atoms with Gasteiger partial charge in [0.2, 0.25) is 5.91 Å². The minimum atomic E-state index is -0.987. The van der Waals surface area contributed by atoms with Crippen molar-refractivity contribution >= 4 is 40.9 Å². The molecule has 1 atom stereocenters. The minimum absolute atomic E-state index is 0.0230. The SMILES string of the molecule is CCC1(C)NC(=O)N(NC(=O)CSc2nnc(-c3cccs3)n2C2CC2)C1=O. The zero-order valence-electron chi connectivity index (χ0n) is 15.5. The van der Waals surface area contributed by atoms with Gasteiger partial charge in [-0.15, -0.1) is 21.5 Å². The van der Waals surface area contributed by atoms with E-state index >= 15 is 0 Å². The summed E-state index contributed by atoms with van der Waals surface area (Å²) in [5.41, 5.74) is 1.41. The average Bonchev–Trinajstić information content (AvgIpc) is 3.12. The van der Waals surface area contributed by atoms with Crippen LogP contribution in [0.1, 0.15) is 39.2 Å². The summed E-state index contributed by atoms with van der Waals surface area (Å²) in [6.07, 6.45) is 2.57. The number of nitrogens with one attached hydrogen (secondary N) is 2. The molecule has 1 saturated heterocycles. The Morgan fingerprint density at radius 1 is 1.43 bits per heavy atom. The molecule has 2 aliphatic rings. The summed E-state index contributed by atoms with van der Waals surface area (Å²) in [5.74, 6) is -0.0700. The molecule has 4 amide bonds. The Kier molecular flexibility index (Phi) is 4.88. The standard InChI is InChI=1S/C17H20N6O3S2/c1-3-17(2)14(25)23(15(26)18-17)21-12(24)9-28-16-20-19-13(11-5-4-8-27-11)22(16)10-6-7-10/h4-5,8,10H,3,6-7,9H2,1-2H3,(H,18,26)(H,21,24). The number of carbonyl (C=O) groups excluding carboxylic acids is 3. The molecule has 1 aliphatic carbocycles. The van der Waals surface area contributed by atoms with Gasteiger partial charge in [0.05, 0.1) is 10.6 Å². The summed E-state index contributed by atoms with van der Waals surface area (Å²) in [6, 6.07) is 3.70. The Hall–Kier alpha value is -2.40. The second kappa shape index (κ2) is 7.21. The van der Waals surface area contributed by atoms with Crippen molar-refractivity contribution in [3.8, 4) is 10.7 Å². The molecule has 0 radical (unpaired) electrons. The van der Waals surface area contributed by atoms with Crippen LogP contribution in [0.25, 0.3) is 10.7 Å². The second-order valence-electron chi connectivity index (χ2n) is 6.96. The van der Waals surface area contributed by atoms with Crippen LogP contribution in [-0.4, -0.2) is 48.9 Å². The highest BCUT2D eigenvalue weighted by Crippen LogP contribution is 2.41. The van der Waals surface area contributed by atoms with Crippen molar-refractivity contribution in [2.75, 3.05) is 5.75 Å². The highest BCUT2D eigenvalue weighted by molar-refractivity contribution is 7.99. The highest BCUT2D eigenvalue weighted by atomic mass is 32.2. The van der Waals surface area contributed by atoms with Gasteiger partial charge in [0.1, 0.15) is 5.54 Å². The van der Waals surface area contributed by atoms with Crippen molar-refractivity contribution in [2.24, 2.45) is 0 Å². The number of nitrogens with zero attached hydrogens (tertiary/aromatic N) is 4. The van der Waals surface area contributed by atoms with E-state index in [9.17, 15) is 14.4 Å². The van der Waals surface area contributed by atoms with E-state index in [1.54, 1.807) is 25.2 Å². The summed E-state index contributed by atoms with van der Waals surface area (Å²) in [5, 5.41) is 14.6. The number of thiophene rings is 1. The normalized spacial score (nSPS) is 21.9. The molecule has 2 fully saturated rings. The summed E-state index contributed by atoms with van der Waals surface area (Å²) in [4.78, 5) is 37.7. The number of thioether (sulfide) groups is 1. The number of rotatable bonds is 7. The number of hydrogen-bond acceptors (Lipinski definition) is 7. The van der Waals surface area contributed by atoms with Gasteiger partial charge >= 0.3 is 6.03 Å². The number of urea groups is 1. The third kappa shape index (κ3) is 3.39. The van der Waals surface area contributed by atoms with Gasteiger partial charge in [-0.3, -0.25) is 19.6 Å². The van der Waals surface area contributed by atoms with Gasteiger partial charge < -0.3 is 5.32 Å². The van der Waals surface area contributed by atoms with Crippen LogP contribution in [0.15, 0.2) is 22.7 Å². The van der Waals surface area contributed by atoms with Crippen LogP contribution in [0, 0.1) is 0 Å². The molecule has 0 spiro atoms. The predicted octanol–water partition coefficient (Wildman–Crippen LogP) is 2.19. The molecule has 2 N–H and O–H groups in total. The van der Waals surface area contributed by atoms with Gasteiger partial charge in [-0.2, -0.15) is 5.01 Å². The van der Waals surface area contributed by atoms with E-state index in [1.807, 2.05) is 17.5 Å². The first-order valence-electron chi connectivity index (χ1n) is 9.00. The van der Waals surface area contributed by atoms with Crippen molar-refractivity contribution in [2.45, 2.75) is 49.8 Å². The number of hydrazine groups is 1. The molecular weight excluding hydrogens is 400 g/mol. The lowest BCUT2D eigenvalue weighted by atomic mass is 10.00. The lowest BCUT2D eigenvalue weighted by Gasteiger charge is -2.19. The fraction of sp³-hybridized carbons (Fsp3) is 0.471. The van der Waals surface area contributed by atoms with Gasteiger partial charge in [-0.1, -0.05) is 24.8 Å². The molecule has 148 valence electrons. The summed E-state index contributed by atoms with van der Waals surface area (Å²) in [7, 11) is 0. The highest BCUT2D eigenvalue weighted by Gasteiger charge is 2.47. The Morgan fingerprint density at radius 3 is 2.82 bits per heavy atom. The molecule has 11 heteroatoms. The fourth-order valence-corrected chi connectivity index (χ4v) is 4.43. The van der Waals surface area contributed by atoms with Crippen molar-refractivity contribution in [1.29, 1.82) is 0 Å². The van der Waals surface area contributed by atoms with E-state index in [0.717, 1.165) is 28.6 Å². The van der Waals surface area contributed by atoms with Crippen LogP contribution in [0.2, 0.25) is 0 Å². The molecule has 0 aromatic carbocycles. The Labute approximate surface area is 169 Å². The zero-order valence-corrected chi connectivity index (χ0v) is 17.1. The number of carbonyl (C=O) groups is 3. The monoisotopic (exact) mass is 420 g/mol. The predicted molar refractivity (Wildman–Crippen MR) is 105 cm³/mol. The van der Waals surface area contributed by atoms with Crippen LogP contribution >= 0.6 is 23.1 Å². The van der Waals surface area contributed by atoms with E-state index in [1.165, 1.54) is 11.8 Å². The van der Waals surface area contributed by atoms with E-state index in [-0.39, 0.29) is 5.75 Å². The van der Waals surface area contributed by atoms with Crippen LogP contribution < -0.4 is 10.7 Å². The smallest absolute Gasteiger partial charge is 0.322 e. The lowest BCUT2D eigenvalue weighted by Crippen LogP contribution is -2.49. The minimum Gasteiger partial charge on any atom is -0.322 e. The molecule has 9 nitrogen and oxygen atoms in total. The third-order valence-corrected chi connectivity index (χ3v) is 6.66. The molecule has 1 unspecified atom stereocenters. The van der Waals surface area contributed by atoms with E-state index in [2.05, 4.69) is 25.5 Å². The van der Waals surface area contributed by atoms with Crippen LogP contribution in [0.3, 0.4) is 0 Å². The average molecular weight is 421 g/mol. The van der Waals surface area contributed by atoms with E-state index < -0.39 is 23.4 Å². The van der Waals surface area contributed by atoms with Crippen LogP contribution in [-0.2, 0) is 9.59 Å². The quantitative estimate of drug-likeness (QED) is 0.525. The second-order valence-corrected chi connectivity index (χ2v) is 8.85. The van der Waals surface area contributed by atoms with Gasteiger partial charge in [0.25, 0.3) is 5.91 Å². The zero-order chi connectivity index (χ0) is 19.9. The van der Waals surface area contributed by atoms with Crippen molar-refractivity contribution in [1.82, 2.24) is 30.5 Å². The number of imide groups is 1. The first kappa shape index (κ1) is 18.9. The third-order valence-electron chi connectivity index (χ3n) is 4.86. The van der Waals surface area contributed by atoms with Gasteiger partial charge in [0.15, 0.2) is 11.0 Å². The molecule has 1 saturated carbocycles. The molecule has 0 bridgehead atoms.